The van der Waals surface area contributed by atoms with Crippen molar-refractivity contribution in [1.29, 1.82) is 0 Å². The maximum Gasteiger partial charge on any atom is 0.244 e. The fourth-order valence-electron chi connectivity index (χ4n) is 2.17. The van der Waals surface area contributed by atoms with Gasteiger partial charge in [-0.1, -0.05) is 18.2 Å². The highest BCUT2D eigenvalue weighted by Crippen LogP contribution is 2.27. The molecule has 0 radical (unpaired) electrons. The quantitative estimate of drug-likeness (QED) is 0.868. The van der Waals surface area contributed by atoms with Crippen LogP contribution in [0, 0.1) is 0 Å². The Hall–Kier alpha value is -1.40. The van der Waals surface area contributed by atoms with E-state index in [-0.39, 0.29) is 5.91 Å². The van der Waals surface area contributed by atoms with Crippen molar-refractivity contribution in [3.63, 3.8) is 0 Å². The molecule has 0 saturated carbocycles. The van der Waals surface area contributed by atoms with Crippen molar-refractivity contribution < 1.29 is 13.2 Å². The van der Waals surface area contributed by atoms with Crippen molar-refractivity contribution >= 4 is 21.6 Å². The lowest BCUT2D eigenvalue weighted by Gasteiger charge is -2.21. The maximum absolute atomic E-state index is 12.2. The fourth-order valence-corrected chi connectivity index (χ4v) is 2.92. The molecule has 0 spiro atoms. The van der Waals surface area contributed by atoms with Crippen molar-refractivity contribution in [2.75, 3.05) is 17.7 Å². The van der Waals surface area contributed by atoms with Gasteiger partial charge in [-0.05, 0) is 25.0 Å². The Kier molecular flexibility index (Phi) is 3.41. The molecule has 0 bridgehead atoms. The normalized spacial score (nSPS) is 16.4. The van der Waals surface area contributed by atoms with Gasteiger partial charge in [0.05, 0.1) is 12.3 Å². The highest BCUT2D eigenvalue weighted by atomic mass is 32.2. The first-order chi connectivity index (χ1) is 8.38. The van der Waals surface area contributed by atoms with E-state index in [9.17, 15) is 13.2 Å². The molecule has 18 heavy (non-hydrogen) atoms. The van der Waals surface area contributed by atoms with Crippen LogP contribution in [0.15, 0.2) is 24.3 Å². The van der Waals surface area contributed by atoms with Crippen molar-refractivity contribution in [3.05, 3.63) is 29.8 Å². The minimum absolute atomic E-state index is 0.217. The molecule has 1 aliphatic heterocycles. The predicted molar refractivity (Wildman–Crippen MR) is 69.9 cm³/mol. The molecule has 0 unspecified atom stereocenters. The molecule has 6 heteroatoms. The van der Waals surface area contributed by atoms with E-state index in [0.29, 0.717) is 6.54 Å². The third-order valence-corrected chi connectivity index (χ3v) is 3.70. The Morgan fingerprint density at radius 2 is 2.06 bits per heavy atom. The number of hydrogen-bond donors (Lipinski definition) is 1. The van der Waals surface area contributed by atoms with E-state index >= 15 is 0 Å². The summed E-state index contributed by atoms with van der Waals surface area (Å²) in [6.45, 7) is 2.16. The van der Waals surface area contributed by atoms with Crippen molar-refractivity contribution in [1.82, 2.24) is 4.72 Å². The first-order valence-electron chi connectivity index (χ1n) is 5.75. The molecule has 1 N–H and O–H groups in total. The van der Waals surface area contributed by atoms with Crippen molar-refractivity contribution in [3.8, 4) is 0 Å². The molecule has 1 aromatic rings. The number of para-hydroxylation sites is 1. The molecule has 1 aliphatic rings. The molecule has 98 valence electrons. The Bertz CT molecular complexity index is 568. The molecular formula is C12H16N2O3S. The molecule has 1 heterocycles. The van der Waals surface area contributed by atoms with E-state index in [1.165, 1.54) is 0 Å². The van der Waals surface area contributed by atoms with Gasteiger partial charge >= 0.3 is 0 Å². The second-order valence-corrected chi connectivity index (χ2v) is 6.26. The number of amides is 1. The number of carbonyl (C=O) groups excluding carboxylic acids is 1. The summed E-state index contributed by atoms with van der Waals surface area (Å²) in [5.41, 5.74) is 2.00. The number of benzene rings is 1. The van der Waals surface area contributed by atoms with E-state index in [1.807, 2.05) is 24.3 Å². The first kappa shape index (κ1) is 13.0. The zero-order chi connectivity index (χ0) is 13.3. The standard InChI is InChI=1S/C12H16N2O3S/c1-9(13-18(2,16)17)12(15)14-8-7-10-5-3-4-6-11(10)14/h3-6,9,13H,7-8H2,1-2H3/t9-/m1/s1. The number of carbonyl (C=O) groups is 1. The lowest BCUT2D eigenvalue weighted by Crippen LogP contribution is -2.46. The maximum atomic E-state index is 12.2. The van der Waals surface area contributed by atoms with Gasteiger partial charge in [-0.25, -0.2) is 13.1 Å². The number of anilines is 1. The van der Waals surface area contributed by atoms with E-state index in [1.54, 1.807) is 11.8 Å². The van der Waals surface area contributed by atoms with Crippen LogP contribution in [0.3, 0.4) is 0 Å². The van der Waals surface area contributed by atoms with Gasteiger partial charge < -0.3 is 4.90 Å². The van der Waals surface area contributed by atoms with Gasteiger partial charge in [-0.15, -0.1) is 0 Å². The van der Waals surface area contributed by atoms with Crippen molar-refractivity contribution in [2.24, 2.45) is 0 Å². The first-order valence-corrected chi connectivity index (χ1v) is 7.64. The zero-order valence-corrected chi connectivity index (χ0v) is 11.2. The van der Waals surface area contributed by atoms with Gasteiger partial charge in [0, 0.05) is 12.2 Å². The Morgan fingerprint density at radius 1 is 1.39 bits per heavy atom. The van der Waals surface area contributed by atoms with Crippen LogP contribution in [-0.2, 0) is 21.2 Å². The van der Waals surface area contributed by atoms with Gasteiger partial charge in [0.15, 0.2) is 0 Å². The molecule has 0 aliphatic carbocycles. The summed E-state index contributed by atoms with van der Waals surface area (Å²) in [5, 5.41) is 0. The predicted octanol–water partition coefficient (Wildman–Crippen LogP) is 0.513. The monoisotopic (exact) mass is 268 g/mol. The average molecular weight is 268 g/mol. The molecule has 1 amide bonds. The summed E-state index contributed by atoms with van der Waals surface area (Å²) in [6.07, 6.45) is 1.86. The molecule has 2 rings (SSSR count). The van der Waals surface area contributed by atoms with Gasteiger partial charge in [0.1, 0.15) is 0 Å². The minimum atomic E-state index is -3.37. The number of fused-ring (bicyclic) bond motifs is 1. The summed E-state index contributed by atoms with van der Waals surface area (Å²) in [6, 6.07) is 6.93. The van der Waals surface area contributed by atoms with Crippen LogP contribution in [0.25, 0.3) is 0 Å². The lowest BCUT2D eigenvalue weighted by atomic mass is 10.2. The molecule has 0 saturated heterocycles. The van der Waals surface area contributed by atoms with Crippen LogP contribution < -0.4 is 9.62 Å². The third-order valence-electron chi connectivity index (χ3n) is 2.91. The van der Waals surface area contributed by atoms with Crippen LogP contribution in [-0.4, -0.2) is 33.2 Å². The van der Waals surface area contributed by atoms with E-state index in [4.69, 9.17) is 0 Å². The van der Waals surface area contributed by atoms with E-state index in [0.717, 1.165) is 23.9 Å². The van der Waals surface area contributed by atoms with E-state index in [2.05, 4.69) is 4.72 Å². The summed E-state index contributed by atoms with van der Waals surface area (Å²) in [7, 11) is -3.37. The Balaban J connectivity index is 2.17. The largest absolute Gasteiger partial charge is 0.310 e. The molecular weight excluding hydrogens is 252 g/mol. The molecule has 1 aromatic carbocycles. The summed E-state index contributed by atoms with van der Waals surface area (Å²) >= 11 is 0. The molecule has 5 nitrogen and oxygen atoms in total. The molecule has 0 aromatic heterocycles. The molecule has 0 fully saturated rings. The Morgan fingerprint density at radius 3 is 2.72 bits per heavy atom. The SMILES string of the molecule is C[C@@H](NS(C)(=O)=O)C(=O)N1CCc2ccccc21. The second kappa shape index (κ2) is 4.70. The van der Waals surface area contributed by atoms with Crippen LogP contribution in [0.1, 0.15) is 12.5 Å². The Labute approximate surface area is 107 Å². The smallest absolute Gasteiger partial charge is 0.244 e. The number of nitrogens with one attached hydrogen (secondary N) is 1. The summed E-state index contributed by atoms with van der Waals surface area (Å²) in [5.74, 6) is -0.217. The number of rotatable bonds is 3. The highest BCUT2D eigenvalue weighted by molar-refractivity contribution is 7.88. The summed E-state index contributed by atoms with van der Waals surface area (Å²) < 4.78 is 24.6. The van der Waals surface area contributed by atoms with Gasteiger partial charge in [0.2, 0.25) is 15.9 Å². The topological polar surface area (TPSA) is 66.5 Å². The van der Waals surface area contributed by atoms with Gasteiger partial charge in [-0.2, -0.15) is 0 Å². The van der Waals surface area contributed by atoms with Crippen LogP contribution >= 0.6 is 0 Å². The zero-order valence-electron chi connectivity index (χ0n) is 10.4. The van der Waals surface area contributed by atoms with E-state index < -0.39 is 16.1 Å². The third kappa shape index (κ3) is 2.70. The summed E-state index contributed by atoms with van der Waals surface area (Å²) in [4.78, 5) is 13.8. The van der Waals surface area contributed by atoms with Gasteiger partial charge in [0.25, 0.3) is 0 Å². The number of sulfonamides is 1. The van der Waals surface area contributed by atoms with Crippen LogP contribution in [0.2, 0.25) is 0 Å². The fraction of sp³-hybridized carbons (Fsp3) is 0.417. The highest BCUT2D eigenvalue weighted by Gasteiger charge is 2.28. The van der Waals surface area contributed by atoms with Gasteiger partial charge in [-0.3, -0.25) is 4.79 Å². The lowest BCUT2D eigenvalue weighted by molar-refractivity contribution is -0.119. The van der Waals surface area contributed by atoms with Crippen LogP contribution in [0.5, 0.6) is 0 Å². The number of nitrogens with zero attached hydrogens (tertiary/aromatic N) is 1. The molecule has 1 atom stereocenters. The minimum Gasteiger partial charge on any atom is -0.310 e. The second-order valence-electron chi connectivity index (χ2n) is 4.48. The van der Waals surface area contributed by atoms with Crippen molar-refractivity contribution in [2.45, 2.75) is 19.4 Å². The van der Waals surface area contributed by atoms with Crippen LogP contribution in [0.4, 0.5) is 5.69 Å². The average Bonchev–Trinajstić information content (AvgIpc) is 2.69. The number of hydrogen-bond acceptors (Lipinski definition) is 3.